The Labute approximate surface area is 246 Å². The van der Waals surface area contributed by atoms with E-state index in [0.29, 0.717) is 0 Å². The first-order valence-corrected chi connectivity index (χ1v) is 13.0. The first kappa shape index (κ1) is 30.7. The fourth-order valence-electron chi connectivity index (χ4n) is 4.42. The fourth-order valence-corrected chi connectivity index (χ4v) is 5.44. The molecule has 1 unspecified atom stereocenters. The third kappa shape index (κ3) is 6.00. The molecule has 5 rings (SSSR count). The van der Waals surface area contributed by atoms with Crippen LogP contribution in [0.25, 0.3) is 11.2 Å². The van der Waals surface area contributed by atoms with Crippen LogP contribution in [0.5, 0.6) is 0 Å². The third-order valence-electron chi connectivity index (χ3n) is 6.49. The number of aromatic nitrogens is 7. The van der Waals surface area contributed by atoms with Gasteiger partial charge < -0.3 is 45.1 Å². The summed E-state index contributed by atoms with van der Waals surface area (Å²) in [4.78, 5) is 54.4. The van der Waals surface area contributed by atoms with Crippen LogP contribution in [-0.2, 0) is 23.1 Å². The second kappa shape index (κ2) is 11.5. The van der Waals surface area contributed by atoms with Gasteiger partial charge in [-0.15, -0.1) is 0 Å². The largest absolute Gasteiger partial charge is 1.00 e. The number of nitrogens with one attached hydrogen (secondary N) is 1. The second-order valence-electron chi connectivity index (χ2n) is 9.23. The van der Waals surface area contributed by atoms with Crippen molar-refractivity contribution in [3.8, 4) is 0 Å². The number of rotatable bonds is 8. The van der Waals surface area contributed by atoms with E-state index in [9.17, 15) is 29.3 Å². The van der Waals surface area contributed by atoms with Crippen molar-refractivity contribution in [2.45, 2.75) is 56.1 Å². The number of ether oxygens (including phenoxy) is 2. The predicted molar refractivity (Wildman–Crippen MR) is 126 cm³/mol. The zero-order valence-corrected chi connectivity index (χ0v) is 24.2. The summed E-state index contributed by atoms with van der Waals surface area (Å²) in [6, 6.07) is 0. The molecule has 7 N–H and O–H groups in total. The molecule has 7 atom stereocenters. The smallest absolute Gasteiger partial charge is 0.756 e. The number of nitrogens with zero attached hydrogens (tertiary/aromatic N) is 6. The monoisotopic (exact) mass is 593 g/mol. The number of H-pyrrole nitrogens is 1. The summed E-state index contributed by atoms with van der Waals surface area (Å²) < 4.78 is 36.7. The van der Waals surface area contributed by atoms with Gasteiger partial charge in [0, 0.05) is 12.8 Å². The molecule has 5 heterocycles. The van der Waals surface area contributed by atoms with Gasteiger partial charge in [0.25, 0.3) is 13.4 Å². The van der Waals surface area contributed by atoms with E-state index in [-0.39, 0.29) is 65.5 Å². The number of nitrogen functional groups attached to an aromatic ring is 2. The molecule has 0 spiro atoms. The summed E-state index contributed by atoms with van der Waals surface area (Å²) in [6.07, 6.45) is -3.19. The molecular weight excluding hydrogens is 568 g/mol. The number of imidazole rings is 1. The summed E-state index contributed by atoms with van der Waals surface area (Å²) in [5.41, 5.74) is 8.26. The Morgan fingerprint density at radius 2 is 1.95 bits per heavy atom. The van der Waals surface area contributed by atoms with Gasteiger partial charge in [-0.05, 0) is 6.92 Å². The Bertz CT molecular complexity index is 1550. The number of hydrogen-bond acceptors (Lipinski definition) is 16. The van der Waals surface area contributed by atoms with E-state index >= 15 is 0 Å². The molecule has 0 saturated carbocycles. The summed E-state index contributed by atoms with van der Waals surface area (Å²) in [5.74, 6) is -0.391. The van der Waals surface area contributed by atoms with E-state index in [1.807, 2.05) is 0 Å². The topological polar surface area (TPSA) is 281 Å². The summed E-state index contributed by atoms with van der Waals surface area (Å²) >= 11 is 0. The predicted octanol–water partition coefficient (Wildman–Crippen LogP) is -5.87. The van der Waals surface area contributed by atoms with E-state index in [1.54, 1.807) is 0 Å². The molecule has 0 bridgehead atoms. The fraction of sp³-hybridized carbons (Fsp3) is 0.579. The second-order valence-corrected chi connectivity index (χ2v) is 10.6. The summed E-state index contributed by atoms with van der Waals surface area (Å²) in [5, 5.41) is 20.3. The number of aliphatic hydroxyl groups excluding tert-OH is 2. The van der Waals surface area contributed by atoms with Crippen LogP contribution in [0.15, 0.2) is 22.2 Å². The van der Waals surface area contributed by atoms with Crippen LogP contribution in [-0.4, -0.2) is 81.4 Å². The van der Waals surface area contributed by atoms with Crippen LogP contribution >= 0.6 is 7.82 Å². The van der Waals surface area contributed by atoms with Crippen molar-refractivity contribution in [2.75, 3.05) is 24.7 Å². The third-order valence-corrected chi connectivity index (χ3v) is 7.47. The Hall–Kier alpha value is -2.29. The Balaban J connectivity index is 0.00000370. The first-order chi connectivity index (χ1) is 18.4. The Kier molecular flexibility index (Phi) is 8.84. The van der Waals surface area contributed by atoms with Crippen molar-refractivity contribution in [1.29, 1.82) is 0 Å². The van der Waals surface area contributed by atoms with Crippen molar-refractivity contribution >= 4 is 30.9 Å². The van der Waals surface area contributed by atoms with Crippen molar-refractivity contribution in [2.24, 2.45) is 0 Å². The molecule has 0 aliphatic carbocycles. The Morgan fingerprint density at radius 3 is 2.65 bits per heavy atom. The molecule has 0 amide bonds. The molecule has 19 nitrogen and oxygen atoms in total. The number of fused-ring (bicyclic) bond motifs is 1. The van der Waals surface area contributed by atoms with Gasteiger partial charge in [-0.25, -0.2) is 14.8 Å². The normalized spacial score (nSPS) is 29.9. The number of aliphatic hydroxyl groups is 2. The molecule has 21 heteroatoms. The molecule has 40 heavy (non-hydrogen) atoms. The van der Waals surface area contributed by atoms with Gasteiger partial charge in [0.2, 0.25) is 11.9 Å². The van der Waals surface area contributed by atoms with Crippen molar-refractivity contribution in [3.05, 3.63) is 33.5 Å². The van der Waals surface area contributed by atoms with Crippen LogP contribution in [0.1, 0.15) is 32.2 Å². The van der Waals surface area contributed by atoms with Crippen molar-refractivity contribution in [3.63, 3.8) is 0 Å². The average molecular weight is 593 g/mol. The maximum Gasteiger partial charge on any atom is 1.00 e. The Morgan fingerprint density at radius 1 is 1.23 bits per heavy atom. The number of anilines is 2. The van der Waals surface area contributed by atoms with Crippen LogP contribution in [0.2, 0.25) is 0 Å². The minimum absolute atomic E-state index is 0. The number of phosphoric ester groups is 1. The maximum absolute atomic E-state index is 12.7. The zero-order chi connectivity index (χ0) is 28.1. The van der Waals surface area contributed by atoms with E-state index < -0.39 is 68.7 Å². The summed E-state index contributed by atoms with van der Waals surface area (Å²) in [7, 11) is -5.05. The van der Waals surface area contributed by atoms with E-state index in [2.05, 4.69) is 24.9 Å². The number of phosphoric acid groups is 1. The molecule has 3 aromatic heterocycles. The van der Waals surface area contributed by atoms with Gasteiger partial charge in [-0.2, -0.15) is 9.97 Å². The van der Waals surface area contributed by atoms with Crippen LogP contribution in [0, 0.1) is 0 Å². The van der Waals surface area contributed by atoms with Crippen LogP contribution in [0.3, 0.4) is 0 Å². The number of hydrogen-bond donors (Lipinski definition) is 5. The zero-order valence-electron chi connectivity index (χ0n) is 21.3. The van der Waals surface area contributed by atoms with Crippen LogP contribution in [0.4, 0.5) is 11.9 Å². The van der Waals surface area contributed by atoms with E-state index in [1.165, 1.54) is 17.8 Å². The van der Waals surface area contributed by atoms with Crippen LogP contribution < -0.4 is 57.2 Å². The van der Waals surface area contributed by atoms with Gasteiger partial charge in [0.1, 0.15) is 36.6 Å². The quantitative estimate of drug-likeness (QED) is 0.120. The summed E-state index contributed by atoms with van der Waals surface area (Å²) in [6.45, 7) is 0.140. The minimum Gasteiger partial charge on any atom is -0.756 e. The molecule has 2 fully saturated rings. The first-order valence-electron chi connectivity index (χ1n) is 11.6. The average Bonchev–Trinajstić information content (AvgIpc) is 3.53. The molecule has 2 aliphatic heterocycles. The van der Waals surface area contributed by atoms with Gasteiger partial charge in [-0.3, -0.25) is 23.5 Å². The molecule has 2 aliphatic rings. The minimum atomic E-state index is -5.05. The van der Waals surface area contributed by atoms with Gasteiger partial charge in [0.05, 0.1) is 25.6 Å². The van der Waals surface area contributed by atoms with E-state index in [4.69, 9.17) is 30.0 Å². The molecule has 0 radical (unpaired) electrons. The van der Waals surface area contributed by atoms with Crippen molar-refractivity contribution < 1.29 is 67.8 Å². The maximum atomic E-state index is 12.7. The number of nitrogens with two attached hydrogens (primary N) is 2. The molecule has 0 aromatic carbocycles. The molecule has 212 valence electrons. The van der Waals surface area contributed by atoms with Crippen molar-refractivity contribution in [1.82, 2.24) is 34.1 Å². The van der Waals surface area contributed by atoms with Gasteiger partial charge >= 0.3 is 35.2 Å². The number of aromatic amines is 1. The molecule has 3 aromatic rings. The van der Waals surface area contributed by atoms with E-state index in [0.717, 1.165) is 10.9 Å². The van der Waals surface area contributed by atoms with Gasteiger partial charge in [-0.1, -0.05) is 0 Å². The van der Waals surface area contributed by atoms with Gasteiger partial charge in [0.15, 0.2) is 11.2 Å². The SMILES string of the molecule is C[C@]1(CO)O[C@@H](n2cnc(N)nc2=O)C[C@@H]1OP(=O)([O-])OC[C@@H]1O[C@H](n2cnc3c(=O)[nH]c(N)nc32)C[C@H]1O.[Na+]. The molecule has 2 saturated heterocycles. The standard InChI is InChI=1S/C19H26N9O10P.Na/c1-19(5-29)10(3-12(37-19)28-7-23-16(20)26-18(28)32)38-39(33,34)35-4-9-8(30)2-11(36-9)27-6-22-13-14(27)24-17(21)25-15(13)31;/h6-12,29-30H,2-5H2,1H3,(H,33,34)(H2,20,26,32)(H3,21,24,25,31);/q;+1/p-1/t8-,9+,10+,11+,12-,19-;/m1./s1. The molecular formula is C19H25N9NaO10P.